The first-order chi connectivity index (χ1) is 11.6. The van der Waals surface area contributed by atoms with Crippen molar-refractivity contribution in [3.8, 4) is 0 Å². The molecular formula is C22H27NO. The monoisotopic (exact) mass is 321 g/mol. The molecule has 1 aliphatic carbocycles. The third-order valence-electron chi connectivity index (χ3n) is 5.12. The lowest BCUT2D eigenvalue weighted by molar-refractivity contribution is 0.0935. The number of carbonyl (C=O) groups is 1. The van der Waals surface area contributed by atoms with E-state index in [0.717, 1.165) is 24.8 Å². The van der Waals surface area contributed by atoms with Crippen LogP contribution in [0.4, 0.5) is 0 Å². The van der Waals surface area contributed by atoms with E-state index in [1.807, 2.05) is 6.07 Å². The van der Waals surface area contributed by atoms with Crippen molar-refractivity contribution in [1.82, 2.24) is 5.32 Å². The van der Waals surface area contributed by atoms with Crippen LogP contribution in [0.2, 0.25) is 0 Å². The van der Waals surface area contributed by atoms with Gasteiger partial charge in [0.1, 0.15) is 0 Å². The zero-order valence-electron chi connectivity index (χ0n) is 15.0. The van der Waals surface area contributed by atoms with E-state index in [2.05, 4.69) is 56.4 Å². The SMILES string of the molecule is CCC(NC(=O)c1ccc2c(c1)CCCC2)c1ccc(C)cc1C. The minimum Gasteiger partial charge on any atom is -0.345 e. The molecule has 0 radical (unpaired) electrons. The maximum atomic E-state index is 12.7. The summed E-state index contributed by atoms with van der Waals surface area (Å²) in [4.78, 5) is 12.7. The lowest BCUT2D eigenvalue weighted by Gasteiger charge is -2.21. The second-order valence-electron chi connectivity index (χ2n) is 6.98. The number of benzene rings is 2. The van der Waals surface area contributed by atoms with Crippen LogP contribution in [0, 0.1) is 13.8 Å². The highest BCUT2D eigenvalue weighted by Crippen LogP contribution is 2.24. The molecule has 0 saturated carbocycles. The van der Waals surface area contributed by atoms with Crippen LogP contribution in [0.15, 0.2) is 36.4 Å². The largest absolute Gasteiger partial charge is 0.345 e. The van der Waals surface area contributed by atoms with Gasteiger partial charge < -0.3 is 5.32 Å². The van der Waals surface area contributed by atoms with Crippen molar-refractivity contribution in [3.63, 3.8) is 0 Å². The van der Waals surface area contributed by atoms with Gasteiger partial charge in [-0.05, 0) is 80.3 Å². The van der Waals surface area contributed by atoms with Gasteiger partial charge in [-0.2, -0.15) is 0 Å². The molecule has 1 amide bonds. The minimum absolute atomic E-state index is 0.0372. The maximum Gasteiger partial charge on any atom is 0.251 e. The number of amides is 1. The number of nitrogens with one attached hydrogen (secondary N) is 1. The van der Waals surface area contributed by atoms with Gasteiger partial charge in [0.2, 0.25) is 0 Å². The first kappa shape index (κ1) is 16.8. The predicted molar refractivity (Wildman–Crippen MR) is 99.5 cm³/mol. The van der Waals surface area contributed by atoms with Crippen LogP contribution in [0.25, 0.3) is 0 Å². The Labute approximate surface area is 145 Å². The molecule has 0 fully saturated rings. The summed E-state index contributed by atoms with van der Waals surface area (Å²) < 4.78 is 0. The molecule has 1 N–H and O–H groups in total. The number of fused-ring (bicyclic) bond motifs is 1. The smallest absolute Gasteiger partial charge is 0.251 e. The van der Waals surface area contributed by atoms with Crippen molar-refractivity contribution in [2.24, 2.45) is 0 Å². The summed E-state index contributed by atoms with van der Waals surface area (Å²) >= 11 is 0. The van der Waals surface area contributed by atoms with Gasteiger partial charge in [0.25, 0.3) is 5.91 Å². The van der Waals surface area contributed by atoms with Crippen LogP contribution in [0.1, 0.15) is 70.4 Å². The van der Waals surface area contributed by atoms with E-state index in [1.54, 1.807) is 0 Å². The Kier molecular flexibility index (Phi) is 5.03. The molecule has 0 saturated heterocycles. The molecule has 2 aromatic carbocycles. The van der Waals surface area contributed by atoms with Gasteiger partial charge in [-0.1, -0.05) is 36.8 Å². The predicted octanol–water partition coefficient (Wildman–Crippen LogP) is 5.06. The number of hydrogen-bond donors (Lipinski definition) is 1. The number of rotatable bonds is 4. The van der Waals surface area contributed by atoms with Gasteiger partial charge in [-0.25, -0.2) is 0 Å². The first-order valence-corrected chi connectivity index (χ1v) is 9.08. The van der Waals surface area contributed by atoms with Gasteiger partial charge in [0, 0.05) is 5.56 Å². The molecule has 1 aliphatic rings. The molecule has 126 valence electrons. The van der Waals surface area contributed by atoms with Crippen molar-refractivity contribution in [2.75, 3.05) is 0 Å². The van der Waals surface area contributed by atoms with E-state index < -0.39 is 0 Å². The number of aryl methyl sites for hydroxylation is 4. The highest BCUT2D eigenvalue weighted by atomic mass is 16.1. The van der Waals surface area contributed by atoms with Crippen molar-refractivity contribution in [2.45, 2.75) is 58.9 Å². The van der Waals surface area contributed by atoms with Crippen LogP contribution < -0.4 is 5.32 Å². The van der Waals surface area contributed by atoms with Gasteiger partial charge in [0.15, 0.2) is 0 Å². The van der Waals surface area contributed by atoms with Crippen LogP contribution >= 0.6 is 0 Å². The van der Waals surface area contributed by atoms with E-state index in [9.17, 15) is 4.79 Å². The summed E-state index contributed by atoms with van der Waals surface area (Å²) in [6.45, 7) is 6.34. The zero-order valence-corrected chi connectivity index (χ0v) is 15.0. The first-order valence-electron chi connectivity index (χ1n) is 9.08. The van der Waals surface area contributed by atoms with E-state index in [1.165, 1.54) is 40.7 Å². The van der Waals surface area contributed by atoms with Crippen molar-refractivity contribution >= 4 is 5.91 Å². The number of carbonyl (C=O) groups excluding carboxylic acids is 1. The standard InChI is InChI=1S/C22H27NO/c1-4-21(20-12-9-15(2)13-16(20)3)23-22(24)19-11-10-17-7-5-6-8-18(17)14-19/h9-14,21H,4-8H2,1-3H3,(H,23,24). The van der Waals surface area contributed by atoms with Gasteiger partial charge >= 0.3 is 0 Å². The third kappa shape index (κ3) is 3.53. The molecular weight excluding hydrogens is 294 g/mol. The summed E-state index contributed by atoms with van der Waals surface area (Å²) in [7, 11) is 0. The van der Waals surface area contributed by atoms with E-state index in [4.69, 9.17) is 0 Å². The molecule has 0 aromatic heterocycles. The fraction of sp³-hybridized carbons (Fsp3) is 0.409. The normalized spacial score (nSPS) is 14.8. The molecule has 0 bridgehead atoms. The fourth-order valence-corrected chi connectivity index (χ4v) is 3.73. The Morgan fingerprint density at radius 2 is 1.79 bits per heavy atom. The fourth-order valence-electron chi connectivity index (χ4n) is 3.73. The van der Waals surface area contributed by atoms with Crippen LogP contribution in [-0.2, 0) is 12.8 Å². The highest BCUT2D eigenvalue weighted by molar-refractivity contribution is 5.94. The molecule has 1 atom stereocenters. The third-order valence-corrected chi connectivity index (χ3v) is 5.12. The molecule has 2 heteroatoms. The average molecular weight is 321 g/mol. The van der Waals surface area contributed by atoms with Crippen LogP contribution in [-0.4, -0.2) is 5.91 Å². The summed E-state index contributed by atoms with van der Waals surface area (Å²) in [5.74, 6) is 0.0372. The van der Waals surface area contributed by atoms with Crippen LogP contribution in [0.3, 0.4) is 0 Å². The zero-order chi connectivity index (χ0) is 17.1. The van der Waals surface area contributed by atoms with Gasteiger partial charge in [0.05, 0.1) is 6.04 Å². The summed E-state index contributed by atoms with van der Waals surface area (Å²) in [6, 6.07) is 12.7. The summed E-state index contributed by atoms with van der Waals surface area (Å²) in [5, 5.41) is 3.23. The van der Waals surface area contributed by atoms with E-state index in [-0.39, 0.29) is 11.9 Å². The topological polar surface area (TPSA) is 29.1 Å². The van der Waals surface area contributed by atoms with Crippen LogP contribution in [0.5, 0.6) is 0 Å². The Morgan fingerprint density at radius 3 is 2.50 bits per heavy atom. The second kappa shape index (κ2) is 7.21. The summed E-state index contributed by atoms with van der Waals surface area (Å²) in [6.07, 6.45) is 5.64. The van der Waals surface area contributed by atoms with Gasteiger partial charge in [-0.15, -0.1) is 0 Å². The molecule has 3 rings (SSSR count). The lowest BCUT2D eigenvalue weighted by Crippen LogP contribution is -2.29. The molecule has 24 heavy (non-hydrogen) atoms. The average Bonchev–Trinajstić information content (AvgIpc) is 2.59. The van der Waals surface area contributed by atoms with Gasteiger partial charge in [-0.3, -0.25) is 4.79 Å². The highest BCUT2D eigenvalue weighted by Gasteiger charge is 2.17. The Hall–Kier alpha value is -2.09. The Bertz CT molecular complexity index is 748. The van der Waals surface area contributed by atoms with Crippen molar-refractivity contribution in [1.29, 1.82) is 0 Å². The molecule has 0 spiro atoms. The van der Waals surface area contributed by atoms with Crippen molar-refractivity contribution in [3.05, 3.63) is 69.8 Å². The minimum atomic E-state index is 0.0372. The molecule has 1 unspecified atom stereocenters. The molecule has 2 aromatic rings. The Balaban J connectivity index is 1.79. The quantitative estimate of drug-likeness (QED) is 0.837. The Morgan fingerprint density at radius 1 is 1.04 bits per heavy atom. The lowest BCUT2D eigenvalue weighted by atomic mass is 9.90. The molecule has 2 nitrogen and oxygen atoms in total. The van der Waals surface area contributed by atoms with E-state index >= 15 is 0 Å². The second-order valence-corrected chi connectivity index (χ2v) is 6.98. The van der Waals surface area contributed by atoms with E-state index in [0.29, 0.717) is 0 Å². The molecule has 0 aliphatic heterocycles. The summed E-state index contributed by atoms with van der Waals surface area (Å²) in [5.41, 5.74) is 7.28. The maximum absolute atomic E-state index is 12.7. The molecule has 0 heterocycles. The number of hydrogen-bond acceptors (Lipinski definition) is 1. The van der Waals surface area contributed by atoms with Crippen molar-refractivity contribution < 1.29 is 4.79 Å².